The molecule has 0 saturated heterocycles. The zero-order valence-corrected chi connectivity index (χ0v) is 9.48. The number of benzene rings is 2. The van der Waals surface area contributed by atoms with Crippen molar-refractivity contribution in [1.82, 2.24) is 0 Å². The molecule has 92 valence electrons. The Bertz CT molecular complexity index is 599. The lowest BCUT2D eigenvalue weighted by Crippen LogP contribution is -2.13. The standard InChI is InChI=1S/C13H12FN3O/c14-8-2-1-3-10(6-8)17-12-7-9(15)4-5-11(12)13(16)18/h1-7,17H,15H2,(H2,16,18). The van der Waals surface area contributed by atoms with Crippen molar-refractivity contribution in [2.75, 3.05) is 11.1 Å². The zero-order valence-electron chi connectivity index (χ0n) is 9.48. The highest BCUT2D eigenvalue weighted by Crippen LogP contribution is 2.23. The highest BCUT2D eigenvalue weighted by molar-refractivity contribution is 5.99. The molecular formula is C13H12FN3O. The first-order valence-electron chi connectivity index (χ1n) is 5.28. The summed E-state index contributed by atoms with van der Waals surface area (Å²) in [6.07, 6.45) is 0. The van der Waals surface area contributed by atoms with E-state index in [9.17, 15) is 9.18 Å². The second kappa shape index (κ2) is 4.75. The second-order valence-electron chi connectivity index (χ2n) is 3.80. The molecule has 0 spiro atoms. The van der Waals surface area contributed by atoms with Gasteiger partial charge in [0.1, 0.15) is 5.82 Å². The number of hydrogen-bond acceptors (Lipinski definition) is 3. The van der Waals surface area contributed by atoms with Crippen molar-refractivity contribution in [2.24, 2.45) is 5.73 Å². The maximum atomic E-state index is 13.1. The molecule has 0 saturated carbocycles. The number of nitrogens with two attached hydrogens (primary N) is 2. The third kappa shape index (κ3) is 2.57. The summed E-state index contributed by atoms with van der Waals surface area (Å²) in [4.78, 5) is 11.3. The minimum Gasteiger partial charge on any atom is -0.399 e. The van der Waals surface area contributed by atoms with E-state index in [0.29, 0.717) is 22.6 Å². The van der Waals surface area contributed by atoms with E-state index in [2.05, 4.69) is 5.32 Å². The van der Waals surface area contributed by atoms with Gasteiger partial charge in [0, 0.05) is 11.4 Å². The second-order valence-corrected chi connectivity index (χ2v) is 3.80. The molecule has 2 aromatic rings. The molecule has 0 aliphatic rings. The summed E-state index contributed by atoms with van der Waals surface area (Å²) >= 11 is 0. The first-order chi connectivity index (χ1) is 8.56. The van der Waals surface area contributed by atoms with Crippen molar-refractivity contribution in [3.05, 3.63) is 53.8 Å². The van der Waals surface area contributed by atoms with Gasteiger partial charge < -0.3 is 16.8 Å². The van der Waals surface area contributed by atoms with Gasteiger partial charge in [-0.3, -0.25) is 4.79 Å². The smallest absolute Gasteiger partial charge is 0.250 e. The van der Waals surface area contributed by atoms with Gasteiger partial charge in [-0.15, -0.1) is 0 Å². The Morgan fingerprint density at radius 2 is 1.94 bits per heavy atom. The summed E-state index contributed by atoms with van der Waals surface area (Å²) in [5.74, 6) is -0.946. The molecule has 18 heavy (non-hydrogen) atoms. The van der Waals surface area contributed by atoms with Gasteiger partial charge in [0.15, 0.2) is 0 Å². The van der Waals surface area contributed by atoms with Gasteiger partial charge in [-0.1, -0.05) is 6.07 Å². The SMILES string of the molecule is NC(=O)c1ccc(N)cc1Nc1cccc(F)c1. The number of nitrogen functional groups attached to an aromatic ring is 1. The quantitative estimate of drug-likeness (QED) is 0.725. The topological polar surface area (TPSA) is 81.1 Å². The molecule has 2 aromatic carbocycles. The number of nitrogens with one attached hydrogen (secondary N) is 1. The molecule has 0 aliphatic heterocycles. The molecule has 2 rings (SSSR count). The third-order valence-corrected chi connectivity index (χ3v) is 2.41. The van der Waals surface area contributed by atoms with Gasteiger partial charge in [0.2, 0.25) is 0 Å². The fourth-order valence-corrected chi connectivity index (χ4v) is 1.60. The van der Waals surface area contributed by atoms with Crippen LogP contribution in [0.2, 0.25) is 0 Å². The van der Waals surface area contributed by atoms with E-state index in [4.69, 9.17) is 11.5 Å². The molecule has 0 heterocycles. The fraction of sp³-hybridized carbons (Fsp3) is 0. The van der Waals surface area contributed by atoms with E-state index >= 15 is 0 Å². The number of halogens is 1. The predicted molar refractivity (Wildman–Crippen MR) is 69.1 cm³/mol. The molecular weight excluding hydrogens is 233 g/mol. The average molecular weight is 245 g/mol. The van der Waals surface area contributed by atoms with E-state index in [1.165, 1.54) is 18.2 Å². The maximum Gasteiger partial charge on any atom is 0.250 e. The summed E-state index contributed by atoms with van der Waals surface area (Å²) < 4.78 is 13.1. The number of hydrogen-bond donors (Lipinski definition) is 3. The molecule has 0 fully saturated rings. The van der Waals surface area contributed by atoms with Gasteiger partial charge in [-0.05, 0) is 36.4 Å². The van der Waals surface area contributed by atoms with E-state index in [-0.39, 0.29) is 5.82 Å². The molecule has 4 nitrogen and oxygen atoms in total. The van der Waals surface area contributed by atoms with Crippen LogP contribution in [0.4, 0.5) is 21.5 Å². The normalized spacial score (nSPS) is 10.1. The lowest BCUT2D eigenvalue weighted by molar-refractivity contribution is 0.100. The summed E-state index contributed by atoms with van der Waals surface area (Å²) in [5.41, 5.74) is 12.7. The molecule has 1 amide bonds. The molecule has 0 unspecified atom stereocenters. The van der Waals surface area contributed by atoms with Crippen LogP contribution in [0, 0.1) is 5.82 Å². The third-order valence-electron chi connectivity index (χ3n) is 2.41. The van der Waals surface area contributed by atoms with Gasteiger partial charge in [0.05, 0.1) is 11.3 Å². The van der Waals surface area contributed by atoms with Gasteiger partial charge in [-0.2, -0.15) is 0 Å². The lowest BCUT2D eigenvalue weighted by Gasteiger charge is -2.11. The van der Waals surface area contributed by atoms with Crippen molar-refractivity contribution in [1.29, 1.82) is 0 Å². The minimum absolute atomic E-state index is 0.300. The highest BCUT2D eigenvalue weighted by Gasteiger charge is 2.08. The number of amides is 1. The van der Waals surface area contributed by atoms with Crippen LogP contribution in [0.5, 0.6) is 0 Å². The van der Waals surface area contributed by atoms with Crippen molar-refractivity contribution < 1.29 is 9.18 Å². The molecule has 0 atom stereocenters. The van der Waals surface area contributed by atoms with Crippen molar-refractivity contribution in [3.63, 3.8) is 0 Å². The molecule has 5 N–H and O–H groups in total. The Morgan fingerprint density at radius 1 is 1.17 bits per heavy atom. The van der Waals surface area contributed by atoms with Crippen LogP contribution in [0.3, 0.4) is 0 Å². The molecule has 0 bridgehead atoms. The van der Waals surface area contributed by atoms with Gasteiger partial charge >= 0.3 is 0 Å². The number of carbonyl (C=O) groups excluding carboxylic acids is 1. The first-order valence-corrected chi connectivity index (χ1v) is 5.28. The molecule has 5 heteroatoms. The van der Waals surface area contributed by atoms with Crippen molar-refractivity contribution in [2.45, 2.75) is 0 Å². The monoisotopic (exact) mass is 245 g/mol. The summed E-state index contributed by atoms with van der Waals surface area (Å²) in [6, 6.07) is 10.6. The maximum absolute atomic E-state index is 13.1. The Morgan fingerprint density at radius 3 is 2.61 bits per heavy atom. The van der Waals surface area contributed by atoms with Gasteiger partial charge in [-0.25, -0.2) is 4.39 Å². The van der Waals surface area contributed by atoms with Crippen LogP contribution in [-0.4, -0.2) is 5.91 Å². The van der Waals surface area contributed by atoms with Crippen LogP contribution < -0.4 is 16.8 Å². The van der Waals surface area contributed by atoms with Crippen molar-refractivity contribution in [3.8, 4) is 0 Å². The van der Waals surface area contributed by atoms with E-state index in [0.717, 1.165) is 0 Å². The van der Waals surface area contributed by atoms with Crippen LogP contribution in [0.25, 0.3) is 0 Å². The average Bonchev–Trinajstić information content (AvgIpc) is 2.28. The number of primary amides is 1. The summed E-state index contributed by atoms with van der Waals surface area (Å²) in [7, 11) is 0. The number of carbonyl (C=O) groups is 1. The highest BCUT2D eigenvalue weighted by atomic mass is 19.1. The van der Waals surface area contributed by atoms with Gasteiger partial charge in [0.25, 0.3) is 5.91 Å². The largest absolute Gasteiger partial charge is 0.399 e. The van der Waals surface area contributed by atoms with Crippen LogP contribution in [0.1, 0.15) is 10.4 Å². The van der Waals surface area contributed by atoms with E-state index < -0.39 is 5.91 Å². The Kier molecular flexibility index (Phi) is 3.14. The summed E-state index contributed by atoms with van der Waals surface area (Å²) in [6.45, 7) is 0. The van der Waals surface area contributed by atoms with E-state index in [1.807, 2.05) is 0 Å². The van der Waals surface area contributed by atoms with Crippen LogP contribution in [0.15, 0.2) is 42.5 Å². The summed E-state index contributed by atoms with van der Waals surface area (Å²) in [5, 5.41) is 2.91. The minimum atomic E-state index is -0.575. The Labute approximate surface area is 103 Å². The molecule has 0 aliphatic carbocycles. The van der Waals surface area contributed by atoms with Crippen molar-refractivity contribution >= 4 is 23.0 Å². The lowest BCUT2D eigenvalue weighted by atomic mass is 10.1. The Hall–Kier alpha value is -2.56. The zero-order chi connectivity index (χ0) is 13.1. The first kappa shape index (κ1) is 11.9. The predicted octanol–water partition coefficient (Wildman–Crippen LogP) is 2.25. The fourth-order valence-electron chi connectivity index (χ4n) is 1.60. The van der Waals surface area contributed by atoms with Crippen LogP contribution in [-0.2, 0) is 0 Å². The van der Waals surface area contributed by atoms with Crippen LogP contribution >= 0.6 is 0 Å². The van der Waals surface area contributed by atoms with E-state index in [1.54, 1.807) is 24.3 Å². The molecule has 0 aromatic heterocycles. The molecule has 0 radical (unpaired) electrons. The Balaban J connectivity index is 2.39. The number of rotatable bonds is 3. The number of anilines is 3.